The topological polar surface area (TPSA) is 51.2 Å². The van der Waals surface area contributed by atoms with Crippen molar-refractivity contribution < 1.29 is 9.53 Å². The lowest BCUT2D eigenvalue weighted by atomic mass is 10.2. The Labute approximate surface area is 116 Å². The molecule has 0 unspecified atom stereocenters. The van der Waals surface area contributed by atoms with E-state index < -0.39 is 0 Å². The number of aromatic nitrogens is 1. The molecule has 0 radical (unpaired) electrons. The third-order valence-electron chi connectivity index (χ3n) is 2.62. The first kappa shape index (κ1) is 15.0. The number of hydrogen-bond donors (Lipinski definition) is 1. The van der Waals surface area contributed by atoms with Crippen molar-refractivity contribution in [2.24, 2.45) is 0 Å². The molecule has 0 bridgehead atoms. The fraction of sp³-hybridized carbons (Fsp3) is 0.538. The molecule has 0 spiro atoms. The summed E-state index contributed by atoms with van der Waals surface area (Å²) in [5.41, 5.74) is 1.12. The number of pyridine rings is 1. The minimum Gasteiger partial charge on any atom is -0.469 e. The number of nitrogens with zero attached hydrogens (tertiary/aromatic N) is 1. The number of methoxy groups -OCH3 is 1. The zero-order valence-corrected chi connectivity index (χ0v) is 12.4. The number of esters is 1. The van der Waals surface area contributed by atoms with E-state index in [4.69, 9.17) is 0 Å². The van der Waals surface area contributed by atoms with Crippen molar-refractivity contribution in [2.75, 3.05) is 19.0 Å². The largest absolute Gasteiger partial charge is 0.469 e. The molecule has 1 N–H and O–H groups in total. The van der Waals surface area contributed by atoms with Crippen molar-refractivity contribution in [3.8, 4) is 0 Å². The van der Waals surface area contributed by atoms with Gasteiger partial charge in [0.05, 0.1) is 7.11 Å². The van der Waals surface area contributed by atoms with Crippen LogP contribution >= 0.6 is 15.9 Å². The minimum atomic E-state index is -0.131. The van der Waals surface area contributed by atoms with Crippen LogP contribution in [-0.2, 0) is 9.53 Å². The molecule has 100 valence electrons. The van der Waals surface area contributed by atoms with E-state index in [9.17, 15) is 4.79 Å². The third kappa shape index (κ3) is 5.49. The number of unbranched alkanes of at least 4 members (excludes halogenated alkanes) is 2. The number of rotatable bonds is 7. The van der Waals surface area contributed by atoms with Crippen LogP contribution in [0.4, 0.5) is 5.82 Å². The molecule has 0 aliphatic rings. The average Bonchev–Trinajstić information content (AvgIpc) is 2.35. The zero-order chi connectivity index (χ0) is 13.4. The fourth-order valence-electron chi connectivity index (χ4n) is 1.61. The number of hydrogen-bond acceptors (Lipinski definition) is 4. The number of aryl methyl sites for hydroxylation is 1. The molecule has 1 aromatic heterocycles. The molecular formula is C13H19BrN2O2. The van der Waals surface area contributed by atoms with Crippen molar-refractivity contribution >= 4 is 27.7 Å². The predicted molar refractivity (Wildman–Crippen MR) is 75.6 cm³/mol. The van der Waals surface area contributed by atoms with E-state index >= 15 is 0 Å². The predicted octanol–water partition coefficient (Wildman–Crippen LogP) is 3.30. The Kier molecular flexibility index (Phi) is 6.72. The van der Waals surface area contributed by atoms with E-state index in [1.165, 1.54) is 7.11 Å². The van der Waals surface area contributed by atoms with E-state index in [-0.39, 0.29) is 5.97 Å². The van der Waals surface area contributed by atoms with E-state index in [2.05, 4.69) is 31.0 Å². The molecule has 0 fully saturated rings. The van der Waals surface area contributed by atoms with Gasteiger partial charge >= 0.3 is 5.97 Å². The second-order valence-corrected chi connectivity index (χ2v) is 5.05. The number of carbonyl (C=O) groups is 1. The summed E-state index contributed by atoms with van der Waals surface area (Å²) in [4.78, 5) is 15.2. The van der Waals surface area contributed by atoms with Gasteiger partial charge < -0.3 is 10.1 Å². The molecule has 18 heavy (non-hydrogen) atoms. The second kappa shape index (κ2) is 8.08. The van der Waals surface area contributed by atoms with Crippen LogP contribution in [0, 0.1) is 6.92 Å². The van der Waals surface area contributed by atoms with Crippen LogP contribution in [0.1, 0.15) is 31.2 Å². The van der Waals surface area contributed by atoms with Crippen molar-refractivity contribution in [3.05, 3.63) is 22.3 Å². The van der Waals surface area contributed by atoms with Gasteiger partial charge in [-0.1, -0.05) is 6.42 Å². The molecule has 1 rings (SSSR count). The van der Waals surface area contributed by atoms with Crippen molar-refractivity contribution in [2.45, 2.75) is 32.6 Å². The van der Waals surface area contributed by atoms with Gasteiger partial charge in [0, 0.05) is 23.6 Å². The van der Waals surface area contributed by atoms with Gasteiger partial charge in [-0.05, 0) is 47.3 Å². The molecule has 0 aliphatic heterocycles. The van der Waals surface area contributed by atoms with Gasteiger partial charge in [0.25, 0.3) is 0 Å². The first-order chi connectivity index (χ1) is 8.63. The van der Waals surface area contributed by atoms with Crippen molar-refractivity contribution in [1.82, 2.24) is 4.98 Å². The van der Waals surface area contributed by atoms with Gasteiger partial charge in [-0.15, -0.1) is 0 Å². The van der Waals surface area contributed by atoms with Gasteiger partial charge in [-0.25, -0.2) is 4.98 Å². The molecule has 1 aromatic rings. The molecular weight excluding hydrogens is 296 g/mol. The highest BCUT2D eigenvalue weighted by Gasteiger charge is 2.01. The van der Waals surface area contributed by atoms with E-state index in [1.807, 2.05) is 13.0 Å². The van der Waals surface area contributed by atoms with Gasteiger partial charge in [0.2, 0.25) is 0 Å². The first-order valence-corrected chi connectivity index (χ1v) is 6.85. The maximum absolute atomic E-state index is 10.9. The molecule has 0 saturated carbocycles. The molecule has 4 nitrogen and oxygen atoms in total. The Hall–Kier alpha value is -1.10. The molecule has 1 heterocycles. The Morgan fingerprint density at radius 2 is 2.22 bits per heavy atom. The number of nitrogens with one attached hydrogen (secondary N) is 1. The van der Waals surface area contributed by atoms with E-state index in [1.54, 1.807) is 6.20 Å². The molecule has 0 aliphatic carbocycles. The fourth-order valence-corrected chi connectivity index (χ4v) is 2.05. The Morgan fingerprint density at radius 3 is 2.89 bits per heavy atom. The molecule has 0 saturated heterocycles. The number of halogens is 1. The SMILES string of the molecule is COC(=O)CCCCCNc1ncc(Br)cc1C. The maximum Gasteiger partial charge on any atom is 0.305 e. The zero-order valence-electron chi connectivity index (χ0n) is 10.8. The lowest BCUT2D eigenvalue weighted by molar-refractivity contribution is -0.140. The summed E-state index contributed by atoms with van der Waals surface area (Å²) >= 11 is 3.38. The highest BCUT2D eigenvalue weighted by molar-refractivity contribution is 9.10. The highest BCUT2D eigenvalue weighted by atomic mass is 79.9. The van der Waals surface area contributed by atoms with Crippen LogP contribution in [0.3, 0.4) is 0 Å². The van der Waals surface area contributed by atoms with E-state index in [0.717, 1.165) is 41.7 Å². The lowest BCUT2D eigenvalue weighted by Gasteiger charge is -2.08. The third-order valence-corrected chi connectivity index (χ3v) is 3.06. The summed E-state index contributed by atoms with van der Waals surface area (Å²) in [7, 11) is 1.42. The normalized spacial score (nSPS) is 10.2. The summed E-state index contributed by atoms with van der Waals surface area (Å²) in [5, 5.41) is 3.29. The van der Waals surface area contributed by atoms with Crippen LogP contribution in [0.15, 0.2) is 16.7 Å². The quantitative estimate of drug-likeness (QED) is 0.619. The summed E-state index contributed by atoms with van der Waals surface area (Å²) in [6.45, 7) is 2.90. The monoisotopic (exact) mass is 314 g/mol. The summed E-state index contributed by atoms with van der Waals surface area (Å²) in [6.07, 6.45) is 5.20. The van der Waals surface area contributed by atoms with Gasteiger partial charge in [0.1, 0.15) is 5.82 Å². The van der Waals surface area contributed by atoms with Crippen LogP contribution in [0.25, 0.3) is 0 Å². The summed E-state index contributed by atoms with van der Waals surface area (Å²) in [5.74, 6) is 0.791. The summed E-state index contributed by atoms with van der Waals surface area (Å²) in [6, 6.07) is 2.03. The minimum absolute atomic E-state index is 0.131. The molecule has 0 aromatic carbocycles. The van der Waals surface area contributed by atoms with Gasteiger partial charge in [-0.2, -0.15) is 0 Å². The number of ether oxygens (including phenoxy) is 1. The maximum atomic E-state index is 10.9. The average molecular weight is 315 g/mol. The Bertz CT molecular complexity index is 397. The first-order valence-electron chi connectivity index (χ1n) is 6.06. The lowest BCUT2D eigenvalue weighted by Crippen LogP contribution is -2.05. The van der Waals surface area contributed by atoms with Gasteiger partial charge in [0.15, 0.2) is 0 Å². The number of anilines is 1. The molecule has 5 heteroatoms. The van der Waals surface area contributed by atoms with E-state index in [0.29, 0.717) is 6.42 Å². The molecule has 0 atom stereocenters. The molecule has 0 amide bonds. The standard InChI is InChI=1S/C13H19BrN2O2/c1-10-8-11(14)9-16-13(10)15-7-5-3-4-6-12(17)18-2/h8-9H,3-7H2,1-2H3,(H,15,16). The summed E-state index contributed by atoms with van der Waals surface area (Å²) < 4.78 is 5.57. The number of carbonyl (C=O) groups excluding carboxylic acids is 1. The Morgan fingerprint density at radius 1 is 1.44 bits per heavy atom. The van der Waals surface area contributed by atoms with Crippen LogP contribution in [-0.4, -0.2) is 24.6 Å². The smallest absolute Gasteiger partial charge is 0.305 e. The van der Waals surface area contributed by atoms with Crippen LogP contribution < -0.4 is 5.32 Å². The second-order valence-electron chi connectivity index (χ2n) is 4.13. The highest BCUT2D eigenvalue weighted by Crippen LogP contribution is 2.16. The van der Waals surface area contributed by atoms with Gasteiger partial charge in [-0.3, -0.25) is 4.79 Å². The van der Waals surface area contributed by atoms with Crippen LogP contribution in [0.2, 0.25) is 0 Å². The van der Waals surface area contributed by atoms with Crippen molar-refractivity contribution in [3.63, 3.8) is 0 Å². The van der Waals surface area contributed by atoms with Crippen molar-refractivity contribution in [1.29, 1.82) is 0 Å². The Balaban J connectivity index is 2.16. The van der Waals surface area contributed by atoms with Crippen LogP contribution in [0.5, 0.6) is 0 Å².